The average molecular weight is 427 g/mol. The first-order chi connectivity index (χ1) is 14.5. The Morgan fingerprint density at radius 2 is 1.90 bits per heavy atom. The quantitative estimate of drug-likeness (QED) is 0.594. The van der Waals surface area contributed by atoms with Gasteiger partial charge in [0.15, 0.2) is 12.1 Å². The van der Waals surface area contributed by atoms with Crippen LogP contribution in [0.2, 0.25) is 5.02 Å². The third kappa shape index (κ3) is 3.01. The van der Waals surface area contributed by atoms with Crippen LogP contribution in [0.3, 0.4) is 0 Å². The first kappa shape index (κ1) is 18.4. The number of fused-ring (bicyclic) bond motifs is 1. The summed E-state index contributed by atoms with van der Waals surface area (Å²) in [5, 5.41) is 13.7. The van der Waals surface area contributed by atoms with E-state index in [1.807, 2.05) is 0 Å². The molecular formula is C19H12ClFN6O3. The van der Waals surface area contributed by atoms with E-state index >= 15 is 0 Å². The monoisotopic (exact) mass is 426 g/mol. The molecule has 1 saturated heterocycles. The molecule has 3 heterocycles. The van der Waals surface area contributed by atoms with Crippen molar-refractivity contribution in [2.24, 2.45) is 10.3 Å². The average Bonchev–Trinajstić information content (AvgIpc) is 3.41. The van der Waals surface area contributed by atoms with Crippen LogP contribution in [0.25, 0.3) is 11.4 Å². The molecule has 11 heteroatoms. The van der Waals surface area contributed by atoms with Gasteiger partial charge in [-0.05, 0) is 42.5 Å². The number of aromatic nitrogens is 2. The zero-order chi connectivity index (χ0) is 20.8. The summed E-state index contributed by atoms with van der Waals surface area (Å²) in [4.78, 5) is 30.8. The molecule has 1 fully saturated rings. The smallest absolute Gasteiger partial charge is 0.263 e. The molecule has 0 spiro atoms. The molecule has 0 N–H and O–H groups in total. The molecule has 5 rings (SSSR count). The number of carbonyl (C=O) groups is 2. The lowest BCUT2D eigenvalue weighted by atomic mass is 10.1. The fraction of sp³-hybridized carbons (Fsp3) is 0.158. The number of hydrogen-bond donors (Lipinski definition) is 0. The van der Waals surface area contributed by atoms with Gasteiger partial charge in [-0.25, -0.2) is 9.29 Å². The lowest BCUT2D eigenvalue weighted by Crippen LogP contribution is -2.39. The standard InChI is InChI=1S/C19H12ClFN6O3/c20-11-6-4-10(5-7-11)17-22-14(30-24-17)9-26-16-15(23-25-26)18(28)27(19(16)29)13-3-1-2-12(21)8-13/h1-8,15-16H,9H2/t15-,16+/m1/s1. The molecule has 2 amide bonds. The predicted molar refractivity (Wildman–Crippen MR) is 102 cm³/mol. The molecule has 0 bridgehead atoms. The highest BCUT2D eigenvalue weighted by Crippen LogP contribution is 2.33. The van der Waals surface area contributed by atoms with Gasteiger partial charge in [0.05, 0.1) is 5.69 Å². The molecule has 9 nitrogen and oxygen atoms in total. The lowest BCUT2D eigenvalue weighted by Gasteiger charge is -2.19. The normalized spacial score (nSPS) is 20.3. The topological polar surface area (TPSA) is 104 Å². The van der Waals surface area contributed by atoms with E-state index in [2.05, 4.69) is 20.5 Å². The van der Waals surface area contributed by atoms with Gasteiger partial charge < -0.3 is 4.52 Å². The number of imide groups is 1. The highest BCUT2D eigenvalue weighted by atomic mass is 35.5. The highest BCUT2D eigenvalue weighted by molar-refractivity contribution is 6.30. The fourth-order valence-corrected chi connectivity index (χ4v) is 3.52. The van der Waals surface area contributed by atoms with Crippen LogP contribution in [0.1, 0.15) is 5.89 Å². The second kappa shape index (κ2) is 6.99. The van der Waals surface area contributed by atoms with Gasteiger partial charge in [-0.3, -0.25) is 14.6 Å². The number of rotatable bonds is 4. The number of anilines is 1. The van der Waals surface area contributed by atoms with Gasteiger partial charge in [-0.1, -0.05) is 28.0 Å². The van der Waals surface area contributed by atoms with Crippen molar-refractivity contribution >= 4 is 29.1 Å². The van der Waals surface area contributed by atoms with Crippen molar-refractivity contribution in [1.82, 2.24) is 15.1 Å². The predicted octanol–water partition coefficient (Wildman–Crippen LogP) is 3.02. The van der Waals surface area contributed by atoms with Gasteiger partial charge in [-0.15, -0.1) is 0 Å². The van der Waals surface area contributed by atoms with Crippen LogP contribution in [-0.2, 0) is 16.1 Å². The Balaban J connectivity index is 1.36. The minimum absolute atomic E-state index is 0.0126. The minimum Gasteiger partial charge on any atom is -0.337 e. The van der Waals surface area contributed by atoms with Gasteiger partial charge in [0, 0.05) is 10.6 Å². The summed E-state index contributed by atoms with van der Waals surface area (Å²) in [5.74, 6) is -1.11. The van der Waals surface area contributed by atoms with E-state index in [0.29, 0.717) is 16.4 Å². The Hall–Kier alpha value is -3.66. The van der Waals surface area contributed by atoms with Crippen LogP contribution in [0.4, 0.5) is 10.1 Å². The first-order valence-corrected chi connectivity index (χ1v) is 9.28. The molecule has 0 saturated carbocycles. The van der Waals surface area contributed by atoms with Crippen molar-refractivity contribution < 1.29 is 18.5 Å². The molecular weight excluding hydrogens is 415 g/mol. The minimum atomic E-state index is -1.00. The number of carbonyl (C=O) groups excluding carboxylic acids is 2. The summed E-state index contributed by atoms with van der Waals surface area (Å²) < 4.78 is 18.8. The maximum absolute atomic E-state index is 13.6. The zero-order valence-electron chi connectivity index (χ0n) is 15.1. The van der Waals surface area contributed by atoms with Gasteiger partial charge in [0.2, 0.25) is 11.7 Å². The van der Waals surface area contributed by atoms with Crippen LogP contribution < -0.4 is 4.90 Å². The second-order valence-corrected chi connectivity index (χ2v) is 7.14. The number of hydrogen-bond acceptors (Lipinski definition) is 8. The summed E-state index contributed by atoms with van der Waals surface area (Å²) in [6.45, 7) is -0.0126. The van der Waals surface area contributed by atoms with E-state index in [0.717, 1.165) is 11.0 Å². The Morgan fingerprint density at radius 3 is 2.67 bits per heavy atom. The molecule has 2 atom stereocenters. The molecule has 150 valence electrons. The van der Waals surface area contributed by atoms with Crippen LogP contribution in [-0.4, -0.2) is 39.0 Å². The number of halogens is 2. The van der Waals surface area contributed by atoms with E-state index in [1.165, 1.54) is 23.2 Å². The number of benzene rings is 2. The molecule has 1 aromatic heterocycles. The van der Waals surface area contributed by atoms with Crippen molar-refractivity contribution in [1.29, 1.82) is 0 Å². The van der Waals surface area contributed by atoms with E-state index < -0.39 is 29.7 Å². The summed E-state index contributed by atoms with van der Waals surface area (Å²) in [7, 11) is 0. The molecule has 2 aliphatic heterocycles. The first-order valence-electron chi connectivity index (χ1n) is 8.90. The third-order valence-corrected chi connectivity index (χ3v) is 5.04. The fourth-order valence-electron chi connectivity index (χ4n) is 3.40. The van der Waals surface area contributed by atoms with E-state index in [9.17, 15) is 14.0 Å². The third-order valence-electron chi connectivity index (χ3n) is 4.79. The second-order valence-electron chi connectivity index (χ2n) is 6.70. The zero-order valence-corrected chi connectivity index (χ0v) is 15.9. The Morgan fingerprint density at radius 1 is 1.10 bits per heavy atom. The van der Waals surface area contributed by atoms with E-state index in [-0.39, 0.29) is 18.1 Å². The Labute approximate surface area is 173 Å². The van der Waals surface area contributed by atoms with Gasteiger partial charge in [-0.2, -0.15) is 10.1 Å². The molecule has 3 aromatic rings. The van der Waals surface area contributed by atoms with Crippen LogP contribution in [0.15, 0.2) is 63.4 Å². The van der Waals surface area contributed by atoms with Crippen LogP contribution in [0, 0.1) is 5.82 Å². The van der Waals surface area contributed by atoms with Crippen molar-refractivity contribution in [3.05, 3.63) is 65.3 Å². The molecule has 30 heavy (non-hydrogen) atoms. The SMILES string of the molecule is O=C1[C@@H]2[C@@H](N=NN2Cc2nc(-c3ccc(Cl)cc3)no2)C(=O)N1c1cccc(F)c1. The Bertz CT molecular complexity index is 1180. The molecule has 2 aromatic carbocycles. The molecule has 0 unspecified atom stereocenters. The maximum Gasteiger partial charge on any atom is 0.263 e. The highest BCUT2D eigenvalue weighted by Gasteiger charge is 2.55. The Kier molecular flexibility index (Phi) is 4.28. The van der Waals surface area contributed by atoms with Crippen molar-refractivity contribution in [2.75, 3.05) is 4.90 Å². The summed E-state index contributed by atoms with van der Waals surface area (Å²) in [6.07, 6.45) is 0. The lowest BCUT2D eigenvalue weighted by molar-refractivity contribution is -0.123. The number of nitrogens with zero attached hydrogens (tertiary/aromatic N) is 6. The number of amides is 2. The van der Waals surface area contributed by atoms with Gasteiger partial charge >= 0.3 is 0 Å². The molecule has 2 aliphatic rings. The summed E-state index contributed by atoms with van der Waals surface area (Å²) in [6, 6.07) is 10.2. The van der Waals surface area contributed by atoms with E-state index in [4.69, 9.17) is 16.1 Å². The maximum atomic E-state index is 13.6. The van der Waals surface area contributed by atoms with E-state index in [1.54, 1.807) is 24.3 Å². The van der Waals surface area contributed by atoms with Crippen LogP contribution >= 0.6 is 11.6 Å². The summed E-state index contributed by atoms with van der Waals surface area (Å²) >= 11 is 5.88. The van der Waals surface area contributed by atoms with Crippen molar-refractivity contribution in [2.45, 2.75) is 18.6 Å². The van der Waals surface area contributed by atoms with Crippen molar-refractivity contribution in [3.63, 3.8) is 0 Å². The molecule has 0 radical (unpaired) electrons. The summed E-state index contributed by atoms with van der Waals surface area (Å²) in [5.41, 5.74) is 0.858. The molecule has 0 aliphatic carbocycles. The van der Waals surface area contributed by atoms with Gasteiger partial charge in [0.25, 0.3) is 11.8 Å². The van der Waals surface area contributed by atoms with Crippen molar-refractivity contribution in [3.8, 4) is 11.4 Å². The largest absolute Gasteiger partial charge is 0.337 e. The van der Waals surface area contributed by atoms with Gasteiger partial charge in [0.1, 0.15) is 12.4 Å². The van der Waals surface area contributed by atoms with Crippen LogP contribution in [0.5, 0.6) is 0 Å².